The average molecular weight is 397 g/mol. The molecule has 1 aliphatic heterocycles. The van der Waals surface area contributed by atoms with Crippen molar-refractivity contribution in [3.05, 3.63) is 65.7 Å². The Morgan fingerprint density at radius 1 is 1.17 bits per heavy atom. The van der Waals surface area contributed by atoms with Crippen LogP contribution in [0, 0.1) is 5.82 Å². The van der Waals surface area contributed by atoms with Gasteiger partial charge in [-0.1, -0.05) is 0 Å². The lowest BCUT2D eigenvalue weighted by Crippen LogP contribution is -2.40. The highest BCUT2D eigenvalue weighted by Gasteiger charge is 2.40. The van der Waals surface area contributed by atoms with Crippen molar-refractivity contribution in [2.24, 2.45) is 0 Å². The minimum Gasteiger partial charge on any atom is -0.497 e. The number of carbonyl (C=O) groups is 1. The summed E-state index contributed by atoms with van der Waals surface area (Å²) < 4.78 is 20.0. The molecule has 0 radical (unpaired) electrons. The van der Waals surface area contributed by atoms with Gasteiger partial charge in [0.2, 0.25) is 0 Å². The number of amides is 1. The van der Waals surface area contributed by atoms with Crippen LogP contribution in [0.5, 0.6) is 5.75 Å². The lowest BCUT2D eigenvalue weighted by atomic mass is 10.1. The van der Waals surface area contributed by atoms with Crippen LogP contribution in [0.4, 0.5) is 4.39 Å². The summed E-state index contributed by atoms with van der Waals surface area (Å²) in [4.78, 5) is 14.8. The Morgan fingerprint density at radius 3 is 2.55 bits per heavy atom. The summed E-state index contributed by atoms with van der Waals surface area (Å²) >= 11 is 0. The minimum absolute atomic E-state index is 0.173. The molecule has 3 aromatic rings. The molecule has 9 heteroatoms. The average Bonchev–Trinajstić information content (AvgIpc) is 3.40. The van der Waals surface area contributed by atoms with Gasteiger partial charge in [0.1, 0.15) is 11.6 Å². The summed E-state index contributed by atoms with van der Waals surface area (Å²) in [6.07, 6.45) is 1.22. The van der Waals surface area contributed by atoms with E-state index in [0.717, 1.165) is 5.69 Å². The highest BCUT2D eigenvalue weighted by atomic mass is 19.1. The van der Waals surface area contributed by atoms with Gasteiger partial charge >= 0.3 is 0 Å². The third-order valence-corrected chi connectivity index (χ3v) is 5.15. The predicted octanol–water partition coefficient (Wildman–Crippen LogP) is 2.15. The highest BCUT2D eigenvalue weighted by Crippen LogP contribution is 2.36. The standard InChI is InChI=1S/C20H20FN5O3/c1-29-17-9-6-15(7-10-17)26-19(22-23-24-26)18-11-8-16(12-27)25(18)20(28)13-2-4-14(21)5-3-13/h2-7,9-10,16,18,27H,8,11-12H2,1H3/t16-,18+/m0/s1. The van der Waals surface area contributed by atoms with E-state index < -0.39 is 11.9 Å². The van der Waals surface area contributed by atoms with Crippen molar-refractivity contribution in [2.45, 2.75) is 24.9 Å². The highest BCUT2D eigenvalue weighted by molar-refractivity contribution is 5.94. The van der Waals surface area contributed by atoms with E-state index in [1.165, 1.54) is 24.3 Å². The molecule has 0 unspecified atom stereocenters. The van der Waals surface area contributed by atoms with Crippen molar-refractivity contribution in [2.75, 3.05) is 13.7 Å². The van der Waals surface area contributed by atoms with E-state index in [2.05, 4.69) is 15.5 Å². The molecule has 2 aromatic carbocycles. The van der Waals surface area contributed by atoms with Gasteiger partial charge in [0, 0.05) is 5.56 Å². The molecule has 1 amide bonds. The van der Waals surface area contributed by atoms with Crippen molar-refractivity contribution >= 4 is 5.91 Å². The van der Waals surface area contributed by atoms with Crippen molar-refractivity contribution in [3.8, 4) is 11.4 Å². The molecular weight excluding hydrogens is 377 g/mol. The van der Waals surface area contributed by atoms with Crippen molar-refractivity contribution in [3.63, 3.8) is 0 Å². The van der Waals surface area contributed by atoms with Crippen LogP contribution in [-0.4, -0.2) is 55.9 Å². The third kappa shape index (κ3) is 3.56. The number of ether oxygens (including phenoxy) is 1. The van der Waals surface area contributed by atoms with Crippen LogP contribution in [0.2, 0.25) is 0 Å². The van der Waals surface area contributed by atoms with Crippen LogP contribution in [0.3, 0.4) is 0 Å². The van der Waals surface area contributed by atoms with Crippen LogP contribution in [0.1, 0.15) is 35.1 Å². The molecule has 1 aromatic heterocycles. The fourth-order valence-corrected chi connectivity index (χ4v) is 3.67. The Kier molecular flexibility index (Phi) is 5.22. The van der Waals surface area contributed by atoms with Crippen LogP contribution in [-0.2, 0) is 0 Å². The quantitative estimate of drug-likeness (QED) is 0.709. The SMILES string of the molecule is COc1ccc(-n2nnnc2[C@H]2CC[C@@H](CO)N2C(=O)c2ccc(F)cc2)cc1. The number of methoxy groups -OCH3 is 1. The molecule has 4 rings (SSSR count). The number of hydrogen-bond acceptors (Lipinski definition) is 6. The number of aromatic nitrogens is 4. The van der Waals surface area contributed by atoms with Gasteiger partial charge in [0.05, 0.1) is 31.5 Å². The summed E-state index contributed by atoms with van der Waals surface area (Å²) in [5.41, 5.74) is 1.08. The monoisotopic (exact) mass is 397 g/mol. The topological polar surface area (TPSA) is 93.4 Å². The predicted molar refractivity (Wildman–Crippen MR) is 101 cm³/mol. The molecule has 0 bridgehead atoms. The van der Waals surface area contributed by atoms with Gasteiger partial charge in [-0.3, -0.25) is 4.79 Å². The van der Waals surface area contributed by atoms with E-state index in [0.29, 0.717) is 30.0 Å². The summed E-state index contributed by atoms with van der Waals surface area (Å²) in [7, 11) is 1.59. The number of aliphatic hydroxyl groups is 1. The second-order valence-electron chi connectivity index (χ2n) is 6.80. The molecule has 0 spiro atoms. The number of carbonyl (C=O) groups excluding carboxylic acids is 1. The van der Waals surface area contributed by atoms with E-state index in [1.54, 1.807) is 28.8 Å². The Bertz CT molecular complexity index is 990. The van der Waals surface area contributed by atoms with Gasteiger partial charge in [0.15, 0.2) is 5.82 Å². The first-order valence-corrected chi connectivity index (χ1v) is 9.24. The summed E-state index contributed by atoms with van der Waals surface area (Å²) in [5, 5.41) is 21.8. The van der Waals surface area contributed by atoms with Crippen LogP contribution < -0.4 is 4.74 Å². The molecular formula is C20H20FN5O3. The Hall–Kier alpha value is -3.33. The van der Waals surface area contributed by atoms with Gasteiger partial charge in [-0.25, -0.2) is 4.39 Å². The van der Waals surface area contributed by atoms with Crippen molar-refractivity contribution in [1.82, 2.24) is 25.1 Å². The Balaban J connectivity index is 1.69. The molecule has 2 heterocycles. The van der Waals surface area contributed by atoms with Gasteiger partial charge in [-0.05, 0) is 71.8 Å². The van der Waals surface area contributed by atoms with E-state index in [4.69, 9.17) is 4.74 Å². The molecule has 1 saturated heterocycles. The molecule has 8 nitrogen and oxygen atoms in total. The number of likely N-dealkylation sites (tertiary alicyclic amines) is 1. The Morgan fingerprint density at radius 2 is 1.90 bits per heavy atom. The first kappa shape index (κ1) is 19.0. The summed E-state index contributed by atoms with van der Waals surface area (Å²) in [5.74, 6) is 0.497. The largest absolute Gasteiger partial charge is 0.497 e. The molecule has 1 aliphatic rings. The molecule has 1 N–H and O–H groups in total. The van der Waals surface area contributed by atoms with E-state index in [-0.39, 0.29) is 18.6 Å². The van der Waals surface area contributed by atoms with Crippen molar-refractivity contribution in [1.29, 1.82) is 0 Å². The van der Waals surface area contributed by atoms with E-state index in [9.17, 15) is 14.3 Å². The smallest absolute Gasteiger partial charge is 0.254 e. The van der Waals surface area contributed by atoms with Gasteiger partial charge < -0.3 is 14.7 Å². The number of rotatable bonds is 5. The minimum atomic E-state index is -0.415. The second kappa shape index (κ2) is 7.96. The van der Waals surface area contributed by atoms with Gasteiger partial charge in [-0.15, -0.1) is 5.10 Å². The number of nitrogens with zero attached hydrogens (tertiary/aromatic N) is 5. The summed E-state index contributed by atoms with van der Waals surface area (Å²) in [6.45, 7) is -0.173. The first-order chi connectivity index (χ1) is 14.1. The number of hydrogen-bond donors (Lipinski definition) is 1. The third-order valence-electron chi connectivity index (χ3n) is 5.15. The number of tetrazole rings is 1. The number of halogens is 1. The number of benzene rings is 2. The second-order valence-corrected chi connectivity index (χ2v) is 6.80. The zero-order valence-electron chi connectivity index (χ0n) is 15.8. The number of aliphatic hydroxyl groups excluding tert-OH is 1. The van der Waals surface area contributed by atoms with E-state index >= 15 is 0 Å². The fraction of sp³-hybridized carbons (Fsp3) is 0.300. The molecule has 29 heavy (non-hydrogen) atoms. The molecule has 1 fully saturated rings. The lowest BCUT2D eigenvalue weighted by molar-refractivity contribution is 0.0584. The lowest BCUT2D eigenvalue weighted by Gasteiger charge is -2.29. The van der Waals surface area contributed by atoms with Crippen molar-refractivity contribution < 1.29 is 19.0 Å². The zero-order chi connectivity index (χ0) is 20.4. The maximum atomic E-state index is 13.3. The fourth-order valence-electron chi connectivity index (χ4n) is 3.67. The van der Waals surface area contributed by atoms with E-state index in [1.807, 2.05) is 12.1 Å². The normalized spacial score (nSPS) is 18.8. The van der Waals surface area contributed by atoms with Crippen LogP contribution in [0.15, 0.2) is 48.5 Å². The zero-order valence-corrected chi connectivity index (χ0v) is 15.8. The molecule has 0 aliphatic carbocycles. The van der Waals surface area contributed by atoms with Crippen LogP contribution in [0.25, 0.3) is 5.69 Å². The first-order valence-electron chi connectivity index (χ1n) is 9.24. The maximum absolute atomic E-state index is 13.3. The Labute approximate surface area is 166 Å². The molecule has 150 valence electrons. The van der Waals surface area contributed by atoms with Crippen LogP contribution >= 0.6 is 0 Å². The molecule has 2 atom stereocenters. The maximum Gasteiger partial charge on any atom is 0.254 e. The molecule has 0 saturated carbocycles. The van der Waals surface area contributed by atoms with Gasteiger partial charge in [0.25, 0.3) is 5.91 Å². The summed E-state index contributed by atoms with van der Waals surface area (Å²) in [6, 6.07) is 11.8. The van der Waals surface area contributed by atoms with Gasteiger partial charge in [-0.2, -0.15) is 4.68 Å².